The summed E-state index contributed by atoms with van der Waals surface area (Å²) in [5.74, 6) is 0. The van der Waals surface area contributed by atoms with Crippen LogP contribution < -0.4 is 11.1 Å². The second-order valence-electron chi connectivity index (χ2n) is 5.07. The Morgan fingerprint density at radius 2 is 2.16 bits per heavy atom. The molecule has 1 amide bonds. The Kier molecular flexibility index (Phi) is 5.42. The second kappa shape index (κ2) is 6.61. The molecule has 0 atom stereocenters. The van der Waals surface area contributed by atoms with E-state index < -0.39 is 11.7 Å². The van der Waals surface area contributed by atoms with Gasteiger partial charge in [-0.1, -0.05) is 18.2 Å². The van der Waals surface area contributed by atoms with Gasteiger partial charge in [0, 0.05) is 16.7 Å². The number of nitrogen functional groups attached to an aromatic ring is 1. The number of benzene rings is 1. The Hall–Kier alpha value is -1.49. The van der Waals surface area contributed by atoms with Crippen molar-refractivity contribution in [3.8, 4) is 0 Å². The summed E-state index contributed by atoms with van der Waals surface area (Å²) in [6, 6.07) is 5.65. The molecule has 0 unspecified atom stereocenters. The fraction of sp³-hybridized carbons (Fsp3) is 0.357. The number of nitrogens with one attached hydrogen (secondary N) is 1. The van der Waals surface area contributed by atoms with Crippen LogP contribution in [0.3, 0.4) is 0 Å². The van der Waals surface area contributed by atoms with E-state index in [9.17, 15) is 4.79 Å². The minimum absolute atomic E-state index is 0.414. The molecule has 3 N–H and O–H groups in total. The average molecular weight is 327 g/mol. The van der Waals surface area contributed by atoms with Gasteiger partial charge in [-0.05, 0) is 54.4 Å². The van der Waals surface area contributed by atoms with Crippen molar-refractivity contribution in [2.45, 2.75) is 26.4 Å². The number of nitrogens with two attached hydrogens (primary N) is 1. The van der Waals surface area contributed by atoms with Crippen LogP contribution in [0.1, 0.15) is 26.3 Å². The summed E-state index contributed by atoms with van der Waals surface area (Å²) in [4.78, 5) is 11.4. The first kappa shape index (κ1) is 15.6. The minimum atomic E-state index is -0.477. The van der Waals surface area contributed by atoms with E-state index in [4.69, 9.17) is 10.5 Å². The monoisotopic (exact) mass is 326 g/mol. The van der Waals surface area contributed by atoms with Gasteiger partial charge in [-0.25, -0.2) is 4.79 Å². The zero-order valence-corrected chi connectivity index (χ0v) is 13.0. The highest BCUT2D eigenvalue weighted by Gasteiger charge is 2.14. The number of rotatable bonds is 3. The lowest BCUT2D eigenvalue weighted by Gasteiger charge is -2.19. The average Bonchev–Trinajstić information content (AvgIpc) is 2.27. The number of hydrogen-bond acceptors (Lipinski definition) is 3. The molecule has 0 saturated carbocycles. The standard InChI is InChI=1S/C14H19BrN2O2/c1-14(2,3)19-13(18)17-8-4-5-10-6-7-12(16)11(15)9-10/h4-7,9H,8,16H2,1-3H3,(H,17,18). The first-order valence-corrected chi connectivity index (χ1v) is 6.75. The van der Waals surface area contributed by atoms with Crippen LogP contribution in [0.2, 0.25) is 0 Å². The number of anilines is 1. The van der Waals surface area contributed by atoms with Gasteiger partial charge in [0.15, 0.2) is 0 Å². The molecule has 1 aromatic carbocycles. The number of ether oxygens (including phenoxy) is 1. The summed E-state index contributed by atoms with van der Waals surface area (Å²) < 4.78 is 5.97. The molecule has 0 heterocycles. The quantitative estimate of drug-likeness (QED) is 0.834. The third kappa shape index (κ3) is 6.29. The molecular weight excluding hydrogens is 308 g/mol. The molecule has 0 fully saturated rings. The SMILES string of the molecule is CC(C)(C)OC(=O)NCC=Cc1ccc(N)c(Br)c1. The van der Waals surface area contributed by atoms with Crippen molar-refractivity contribution in [2.24, 2.45) is 0 Å². The van der Waals surface area contributed by atoms with E-state index in [1.54, 1.807) is 0 Å². The lowest BCUT2D eigenvalue weighted by Crippen LogP contribution is -2.32. The van der Waals surface area contributed by atoms with E-state index in [1.807, 2.05) is 51.1 Å². The van der Waals surface area contributed by atoms with Crippen molar-refractivity contribution < 1.29 is 9.53 Å². The summed E-state index contributed by atoms with van der Waals surface area (Å²) in [5, 5.41) is 2.65. The summed E-state index contributed by atoms with van der Waals surface area (Å²) in [6.07, 6.45) is 3.33. The van der Waals surface area contributed by atoms with Crippen LogP contribution in [-0.4, -0.2) is 18.2 Å². The molecule has 0 aromatic heterocycles. The number of alkyl carbamates (subject to hydrolysis) is 1. The maximum Gasteiger partial charge on any atom is 0.407 e. The van der Waals surface area contributed by atoms with Crippen LogP contribution in [0, 0.1) is 0 Å². The van der Waals surface area contributed by atoms with Crippen LogP contribution in [0.4, 0.5) is 10.5 Å². The van der Waals surface area contributed by atoms with E-state index in [0.717, 1.165) is 10.0 Å². The summed E-state index contributed by atoms with van der Waals surface area (Å²) in [6.45, 7) is 5.90. The number of amides is 1. The molecule has 0 aliphatic rings. The molecule has 0 bridgehead atoms. The normalized spacial score (nSPS) is 11.6. The molecule has 5 heteroatoms. The van der Waals surface area contributed by atoms with Crippen molar-refractivity contribution in [1.82, 2.24) is 5.32 Å². The zero-order chi connectivity index (χ0) is 14.5. The maximum atomic E-state index is 11.4. The van der Waals surface area contributed by atoms with Crippen molar-refractivity contribution in [3.63, 3.8) is 0 Å². The van der Waals surface area contributed by atoms with Crippen LogP contribution >= 0.6 is 15.9 Å². The Labute approximate surface area is 122 Å². The molecular formula is C14H19BrN2O2. The van der Waals surface area contributed by atoms with Crippen LogP contribution in [0.15, 0.2) is 28.7 Å². The number of halogens is 1. The Bertz CT molecular complexity index is 479. The van der Waals surface area contributed by atoms with Gasteiger partial charge in [0.25, 0.3) is 0 Å². The van der Waals surface area contributed by atoms with Crippen molar-refractivity contribution in [1.29, 1.82) is 0 Å². The van der Waals surface area contributed by atoms with Gasteiger partial charge in [-0.2, -0.15) is 0 Å². The van der Waals surface area contributed by atoms with Gasteiger partial charge in [-0.3, -0.25) is 0 Å². The van der Waals surface area contributed by atoms with E-state index >= 15 is 0 Å². The maximum absolute atomic E-state index is 11.4. The lowest BCUT2D eigenvalue weighted by molar-refractivity contribution is 0.0534. The number of carbonyl (C=O) groups excluding carboxylic acids is 1. The molecule has 19 heavy (non-hydrogen) atoms. The van der Waals surface area contributed by atoms with Gasteiger partial charge in [0.05, 0.1) is 0 Å². The summed E-state index contributed by atoms with van der Waals surface area (Å²) in [5.41, 5.74) is 6.93. The molecule has 0 aliphatic heterocycles. The second-order valence-corrected chi connectivity index (χ2v) is 5.92. The molecule has 104 valence electrons. The fourth-order valence-corrected chi connectivity index (χ4v) is 1.69. The number of carbonyl (C=O) groups is 1. The smallest absolute Gasteiger partial charge is 0.407 e. The molecule has 4 nitrogen and oxygen atoms in total. The molecule has 0 radical (unpaired) electrons. The van der Waals surface area contributed by atoms with Gasteiger partial charge in [0.2, 0.25) is 0 Å². The summed E-state index contributed by atoms with van der Waals surface area (Å²) >= 11 is 3.36. The van der Waals surface area contributed by atoms with E-state index in [0.29, 0.717) is 12.2 Å². The Balaban J connectivity index is 2.42. The Morgan fingerprint density at radius 3 is 2.74 bits per heavy atom. The van der Waals surface area contributed by atoms with Gasteiger partial charge in [0.1, 0.15) is 5.60 Å². The van der Waals surface area contributed by atoms with E-state index in [2.05, 4.69) is 21.2 Å². The third-order valence-electron chi connectivity index (χ3n) is 2.10. The van der Waals surface area contributed by atoms with Crippen LogP contribution in [0.5, 0.6) is 0 Å². The van der Waals surface area contributed by atoms with Crippen LogP contribution in [0.25, 0.3) is 6.08 Å². The summed E-state index contributed by atoms with van der Waals surface area (Å²) in [7, 11) is 0. The van der Waals surface area contributed by atoms with Crippen molar-refractivity contribution >= 4 is 33.8 Å². The van der Waals surface area contributed by atoms with E-state index in [-0.39, 0.29) is 0 Å². The van der Waals surface area contributed by atoms with Crippen LogP contribution in [-0.2, 0) is 4.74 Å². The predicted molar refractivity (Wildman–Crippen MR) is 81.8 cm³/mol. The largest absolute Gasteiger partial charge is 0.444 e. The molecule has 1 rings (SSSR count). The first-order chi connectivity index (χ1) is 8.78. The first-order valence-electron chi connectivity index (χ1n) is 5.96. The van der Waals surface area contributed by atoms with Gasteiger partial charge in [-0.15, -0.1) is 0 Å². The molecule has 0 spiro atoms. The van der Waals surface area contributed by atoms with Gasteiger partial charge >= 0.3 is 6.09 Å². The van der Waals surface area contributed by atoms with Crippen molar-refractivity contribution in [3.05, 3.63) is 34.3 Å². The fourth-order valence-electron chi connectivity index (χ4n) is 1.30. The zero-order valence-electron chi connectivity index (χ0n) is 11.4. The highest BCUT2D eigenvalue weighted by atomic mass is 79.9. The minimum Gasteiger partial charge on any atom is -0.444 e. The predicted octanol–water partition coefficient (Wildman–Crippen LogP) is 3.57. The molecule has 0 saturated heterocycles. The Morgan fingerprint density at radius 1 is 1.47 bits per heavy atom. The highest BCUT2D eigenvalue weighted by Crippen LogP contribution is 2.20. The molecule has 0 aliphatic carbocycles. The third-order valence-corrected chi connectivity index (χ3v) is 2.78. The topological polar surface area (TPSA) is 64.3 Å². The number of hydrogen-bond donors (Lipinski definition) is 2. The van der Waals surface area contributed by atoms with Crippen molar-refractivity contribution in [2.75, 3.05) is 12.3 Å². The lowest BCUT2D eigenvalue weighted by atomic mass is 10.2. The van der Waals surface area contributed by atoms with Gasteiger partial charge < -0.3 is 15.8 Å². The van der Waals surface area contributed by atoms with E-state index in [1.165, 1.54) is 0 Å². The molecule has 1 aromatic rings. The highest BCUT2D eigenvalue weighted by molar-refractivity contribution is 9.10.